The molecule has 1 aromatic carbocycles. The van der Waals surface area contributed by atoms with E-state index in [4.69, 9.17) is 5.73 Å². The van der Waals surface area contributed by atoms with Gasteiger partial charge in [-0.1, -0.05) is 15.9 Å². The number of nitrogens with one attached hydrogen (secondary N) is 1. The maximum atomic E-state index is 13.7. The molecule has 3 N–H and O–H groups in total. The minimum Gasteiger partial charge on any atom is -0.381 e. The van der Waals surface area contributed by atoms with Crippen LogP contribution in [0.2, 0.25) is 0 Å². The van der Waals surface area contributed by atoms with Gasteiger partial charge in [0.05, 0.1) is 11.3 Å². The van der Waals surface area contributed by atoms with Crippen molar-refractivity contribution in [2.45, 2.75) is 0 Å². The number of benzene rings is 1. The molecule has 0 radical (unpaired) electrons. The van der Waals surface area contributed by atoms with Crippen molar-refractivity contribution in [1.29, 1.82) is 0 Å². The molecule has 1 heterocycles. The molecule has 0 saturated carbocycles. The van der Waals surface area contributed by atoms with Crippen LogP contribution in [-0.2, 0) is 0 Å². The van der Waals surface area contributed by atoms with Gasteiger partial charge in [-0.25, -0.2) is 9.37 Å². The van der Waals surface area contributed by atoms with E-state index in [2.05, 4.69) is 42.2 Å². The number of pyridine rings is 1. The van der Waals surface area contributed by atoms with E-state index in [0.29, 0.717) is 10.2 Å². The highest BCUT2D eigenvalue weighted by Gasteiger charge is 2.15. The van der Waals surface area contributed by atoms with Crippen LogP contribution in [0.25, 0.3) is 0 Å². The van der Waals surface area contributed by atoms with Crippen molar-refractivity contribution < 1.29 is 9.18 Å². The first-order chi connectivity index (χ1) is 8.99. The summed E-state index contributed by atoms with van der Waals surface area (Å²) in [7, 11) is 0. The van der Waals surface area contributed by atoms with Crippen LogP contribution in [0, 0.1) is 5.82 Å². The molecule has 1 amide bonds. The van der Waals surface area contributed by atoms with E-state index in [1.165, 1.54) is 12.3 Å². The minimum absolute atomic E-state index is 0.153. The van der Waals surface area contributed by atoms with E-state index in [-0.39, 0.29) is 11.4 Å². The number of halogens is 3. The van der Waals surface area contributed by atoms with E-state index < -0.39 is 11.7 Å². The van der Waals surface area contributed by atoms with Gasteiger partial charge in [0.1, 0.15) is 0 Å². The maximum Gasteiger partial charge on any atom is 0.258 e. The van der Waals surface area contributed by atoms with Crippen LogP contribution >= 0.6 is 31.9 Å². The minimum atomic E-state index is -0.828. The number of nitrogen functional groups attached to an aromatic ring is 1. The number of nitrogens with zero attached hydrogens (tertiary/aromatic N) is 1. The third-order valence-corrected chi connectivity index (χ3v) is 3.52. The Hall–Kier alpha value is -1.47. The smallest absolute Gasteiger partial charge is 0.258 e. The predicted molar refractivity (Wildman–Crippen MR) is 78.4 cm³/mol. The van der Waals surface area contributed by atoms with Crippen LogP contribution in [-0.4, -0.2) is 10.9 Å². The first-order valence-electron chi connectivity index (χ1n) is 5.15. The number of rotatable bonds is 2. The molecule has 4 nitrogen and oxygen atoms in total. The average molecular weight is 389 g/mol. The van der Waals surface area contributed by atoms with E-state index in [1.54, 1.807) is 12.1 Å². The molecule has 1 aromatic heterocycles. The predicted octanol–water partition coefficient (Wildman–Crippen LogP) is 3.58. The Bertz CT molecular complexity index is 649. The summed E-state index contributed by atoms with van der Waals surface area (Å²) in [5, 5.41) is 2.60. The summed E-state index contributed by atoms with van der Waals surface area (Å²) >= 11 is 6.59. The van der Waals surface area contributed by atoms with Gasteiger partial charge < -0.3 is 11.1 Å². The van der Waals surface area contributed by atoms with Gasteiger partial charge in [-0.05, 0) is 40.2 Å². The fourth-order valence-corrected chi connectivity index (χ4v) is 2.13. The zero-order valence-electron chi connectivity index (χ0n) is 9.45. The SMILES string of the molecule is Nc1nccc(C(=O)Nc2cc(Br)ccc2Br)c1F. The molecule has 0 bridgehead atoms. The molecular formula is C12H8Br2FN3O. The van der Waals surface area contributed by atoms with Gasteiger partial charge in [0.15, 0.2) is 11.6 Å². The van der Waals surface area contributed by atoms with Crippen molar-refractivity contribution >= 4 is 49.3 Å². The molecule has 98 valence electrons. The molecule has 0 aliphatic carbocycles. The largest absolute Gasteiger partial charge is 0.381 e. The first-order valence-corrected chi connectivity index (χ1v) is 6.74. The summed E-state index contributed by atoms with van der Waals surface area (Å²) in [4.78, 5) is 15.5. The lowest BCUT2D eigenvalue weighted by Gasteiger charge is -2.09. The Labute approximate surface area is 125 Å². The highest BCUT2D eigenvalue weighted by molar-refractivity contribution is 9.11. The van der Waals surface area contributed by atoms with Crippen molar-refractivity contribution in [2.75, 3.05) is 11.1 Å². The summed E-state index contributed by atoms with van der Waals surface area (Å²) in [5.41, 5.74) is 5.69. The van der Waals surface area contributed by atoms with E-state index in [9.17, 15) is 9.18 Å². The summed E-state index contributed by atoms with van der Waals surface area (Å²) in [5.74, 6) is -1.72. The van der Waals surface area contributed by atoms with Gasteiger partial charge in [0.2, 0.25) is 0 Å². The van der Waals surface area contributed by atoms with Gasteiger partial charge in [-0.2, -0.15) is 0 Å². The number of hydrogen-bond acceptors (Lipinski definition) is 3. The molecule has 7 heteroatoms. The second-order valence-corrected chi connectivity index (χ2v) is 5.41. The van der Waals surface area contributed by atoms with Crippen molar-refractivity contribution in [3.63, 3.8) is 0 Å². The number of amides is 1. The van der Waals surface area contributed by atoms with Crippen LogP contribution in [0.3, 0.4) is 0 Å². The molecule has 0 saturated heterocycles. The van der Waals surface area contributed by atoms with Crippen LogP contribution in [0.1, 0.15) is 10.4 Å². The summed E-state index contributed by atoms with van der Waals surface area (Å²) in [6.07, 6.45) is 1.28. The Morgan fingerprint density at radius 3 is 2.79 bits per heavy atom. The molecule has 0 atom stereocenters. The van der Waals surface area contributed by atoms with Gasteiger partial charge in [-0.15, -0.1) is 0 Å². The third-order valence-electron chi connectivity index (χ3n) is 2.34. The molecule has 19 heavy (non-hydrogen) atoms. The Morgan fingerprint density at radius 2 is 2.05 bits per heavy atom. The van der Waals surface area contributed by atoms with Gasteiger partial charge in [0.25, 0.3) is 5.91 Å². The lowest BCUT2D eigenvalue weighted by atomic mass is 10.2. The quantitative estimate of drug-likeness (QED) is 0.826. The lowest BCUT2D eigenvalue weighted by molar-refractivity contribution is 0.102. The van der Waals surface area contributed by atoms with Gasteiger partial charge in [0, 0.05) is 15.1 Å². The van der Waals surface area contributed by atoms with Crippen molar-refractivity contribution in [2.24, 2.45) is 0 Å². The summed E-state index contributed by atoms with van der Waals surface area (Å²) < 4.78 is 15.1. The summed E-state index contributed by atoms with van der Waals surface area (Å²) in [6, 6.07) is 6.54. The molecule has 2 aromatic rings. The van der Waals surface area contributed by atoms with Gasteiger partial charge in [-0.3, -0.25) is 4.79 Å². The Balaban J connectivity index is 2.31. The highest BCUT2D eigenvalue weighted by Crippen LogP contribution is 2.27. The zero-order valence-corrected chi connectivity index (χ0v) is 12.6. The fourth-order valence-electron chi connectivity index (χ4n) is 1.42. The number of nitrogens with two attached hydrogens (primary N) is 1. The van der Waals surface area contributed by atoms with E-state index >= 15 is 0 Å². The zero-order chi connectivity index (χ0) is 14.0. The Kier molecular flexibility index (Phi) is 4.16. The average Bonchev–Trinajstić information content (AvgIpc) is 2.37. The van der Waals surface area contributed by atoms with Crippen LogP contribution in [0.4, 0.5) is 15.9 Å². The van der Waals surface area contributed by atoms with Crippen LogP contribution < -0.4 is 11.1 Å². The monoisotopic (exact) mass is 387 g/mol. The molecule has 0 spiro atoms. The maximum absolute atomic E-state index is 13.7. The standard InChI is InChI=1S/C12H8Br2FN3O/c13-6-1-2-8(14)9(5-6)18-12(19)7-3-4-17-11(16)10(7)15/h1-5H,(H2,16,17)(H,18,19). The number of aromatic nitrogens is 1. The Morgan fingerprint density at radius 1 is 1.32 bits per heavy atom. The van der Waals surface area contributed by atoms with Crippen LogP contribution in [0.5, 0.6) is 0 Å². The van der Waals surface area contributed by atoms with Crippen LogP contribution in [0.15, 0.2) is 39.4 Å². The van der Waals surface area contributed by atoms with Crippen molar-refractivity contribution in [3.8, 4) is 0 Å². The topological polar surface area (TPSA) is 68.0 Å². The number of carbonyl (C=O) groups is 1. The highest BCUT2D eigenvalue weighted by atomic mass is 79.9. The second-order valence-electron chi connectivity index (χ2n) is 3.64. The molecule has 2 rings (SSSR count). The lowest BCUT2D eigenvalue weighted by Crippen LogP contribution is -2.15. The number of carbonyl (C=O) groups excluding carboxylic acids is 1. The molecule has 0 unspecified atom stereocenters. The fraction of sp³-hybridized carbons (Fsp3) is 0. The van der Waals surface area contributed by atoms with Gasteiger partial charge >= 0.3 is 0 Å². The molecule has 0 aliphatic heterocycles. The number of hydrogen-bond donors (Lipinski definition) is 2. The number of anilines is 2. The van der Waals surface area contributed by atoms with E-state index in [1.807, 2.05) is 6.07 Å². The molecular weight excluding hydrogens is 381 g/mol. The normalized spacial score (nSPS) is 10.3. The first kappa shape index (κ1) is 14.0. The van der Waals surface area contributed by atoms with Crippen molar-refractivity contribution in [1.82, 2.24) is 4.98 Å². The van der Waals surface area contributed by atoms with Crippen molar-refractivity contribution in [3.05, 3.63) is 50.8 Å². The second kappa shape index (κ2) is 5.66. The molecule has 0 fully saturated rings. The third kappa shape index (κ3) is 3.10. The summed E-state index contributed by atoms with van der Waals surface area (Å²) in [6.45, 7) is 0. The molecule has 0 aliphatic rings. The van der Waals surface area contributed by atoms with E-state index in [0.717, 1.165) is 4.47 Å².